The summed E-state index contributed by atoms with van der Waals surface area (Å²) in [6.45, 7) is 5.78. The lowest BCUT2D eigenvalue weighted by atomic mass is 10.1. The second kappa shape index (κ2) is 11.9. The topological polar surface area (TPSA) is 65.5 Å². The molecule has 3 N–H and O–H groups in total. The number of hydrogen-bond donors (Lipinski definition) is 3. The molecule has 0 saturated heterocycles. The molecule has 5 nitrogen and oxygen atoms in total. The van der Waals surface area contributed by atoms with Crippen LogP contribution in [-0.4, -0.2) is 31.5 Å². The summed E-state index contributed by atoms with van der Waals surface area (Å²) in [5.74, 6) is 0.917. The molecule has 0 fully saturated rings. The Labute approximate surface area is 170 Å². The Morgan fingerprint density at radius 1 is 1.16 bits per heavy atom. The van der Waals surface area contributed by atoms with Crippen LogP contribution in [0.1, 0.15) is 24.6 Å². The molecule has 7 heteroatoms. The molecule has 0 bridgehead atoms. The third-order valence-corrected chi connectivity index (χ3v) is 4.49. The summed E-state index contributed by atoms with van der Waals surface area (Å²) in [6, 6.07) is 13.6. The molecule has 25 heavy (non-hydrogen) atoms. The monoisotopic (exact) mass is 472 g/mol. The first-order chi connectivity index (χ1) is 11.7. The van der Waals surface area contributed by atoms with Gasteiger partial charge in [-0.25, -0.2) is 4.99 Å². The molecule has 0 aliphatic rings. The van der Waals surface area contributed by atoms with Crippen molar-refractivity contribution in [3.63, 3.8) is 0 Å². The van der Waals surface area contributed by atoms with Gasteiger partial charge in [0.15, 0.2) is 5.96 Å². The van der Waals surface area contributed by atoms with E-state index in [1.54, 1.807) is 11.3 Å². The van der Waals surface area contributed by atoms with Gasteiger partial charge in [0.25, 0.3) is 0 Å². The number of guanidine groups is 1. The number of halogens is 1. The number of amides is 1. The van der Waals surface area contributed by atoms with Gasteiger partial charge < -0.3 is 16.0 Å². The van der Waals surface area contributed by atoms with Gasteiger partial charge in [-0.3, -0.25) is 4.79 Å². The van der Waals surface area contributed by atoms with Crippen molar-refractivity contribution in [1.29, 1.82) is 0 Å². The van der Waals surface area contributed by atoms with Crippen molar-refractivity contribution < 1.29 is 4.79 Å². The maximum absolute atomic E-state index is 12.0. The molecule has 136 valence electrons. The molecule has 1 unspecified atom stereocenters. The molecule has 2 aromatic rings. The standard InChI is InChI=1S/C18H24N4OS.HI/c1-3-19-18(20-12-14(2)16-10-7-11-24-16)21-13-17(23)22-15-8-5-4-6-9-15;/h4-11,14H,3,12-13H2,1-2H3,(H,22,23)(H2,19,20,21);1H. The summed E-state index contributed by atoms with van der Waals surface area (Å²) in [4.78, 5) is 17.7. The summed E-state index contributed by atoms with van der Waals surface area (Å²) >= 11 is 1.75. The summed E-state index contributed by atoms with van der Waals surface area (Å²) < 4.78 is 0. The quantitative estimate of drug-likeness (QED) is 0.328. The van der Waals surface area contributed by atoms with E-state index in [9.17, 15) is 4.79 Å². The van der Waals surface area contributed by atoms with Crippen molar-refractivity contribution in [1.82, 2.24) is 10.6 Å². The lowest BCUT2D eigenvalue weighted by Crippen LogP contribution is -2.39. The van der Waals surface area contributed by atoms with Crippen LogP contribution in [0.5, 0.6) is 0 Å². The van der Waals surface area contributed by atoms with Gasteiger partial charge in [-0.1, -0.05) is 31.2 Å². The van der Waals surface area contributed by atoms with Crippen molar-refractivity contribution in [2.24, 2.45) is 4.99 Å². The first-order valence-corrected chi connectivity index (χ1v) is 8.97. The van der Waals surface area contributed by atoms with Gasteiger partial charge in [0.05, 0.1) is 0 Å². The Balaban J connectivity index is 0.00000312. The lowest BCUT2D eigenvalue weighted by Gasteiger charge is -2.15. The molecule has 0 saturated carbocycles. The van der Waals surface area contributed by atoms with Crippen LogP contribution in [-0.2, 0) is 4.79 Å². The summed E-state index contributed by atoms with van der Waals surface area (Å²) in [5.41, 5.74) is 0.780. The largest absolute Gasteiger partial charge is 0.357 e. The molecule has 1 atom stereocenters. The highest BCUT2D eigenvalue weighted by Gasteiger charge is 2.08. The third kappa shape index (κ3) is 7.87. The molecule has 1 amide bonds. The average molecular weight is 472 g/mol. The number of para-hydroxylation sites is 1. The maximum atomic E-state index is 12.0. The van der Waals surface area contributed by atoms with E-state index in [0.717, 1.165) is 18.8 Å². The number of rotatable bonds is 7. The normalized spacial score (nSPS) is 12.0. The average Bonchev–Trinajstić information content (AvgIpc) is 3.12. The van der Waals surface area contributed by atoms with Crippen LogP contribution in [0.4, 0.5) is 5.69 Å². The fraction of sp³-hybridized carbons (Fsp3) is 0.333. The minimum Gasteiger partial charge on any atom is -0.357 e. The van der Waals surface area contributed by atoms with Crippen LogP contribution < -0.4 is 16.0 Å². The lowest BCUT2D eigenvalue weighted by molar-refractivity contribution is -0.114. The van der Waals surface area contributed by atoms with Gasteiger partial charge in [-0.05, 0) is 30.5 Å². The number of carbonyl (C=O) groups is 1. The number of benzene rings is 1. The fourth-order valence-corrected chi connectivity index (χ4v) is 2.92. The maximum Gasteiger partial charge on any atom is 0.246 e. The highest BCUT2D eigenvalue weighted by molar-refractivity contribution is 14.0. The van der Waals surface area contributed by atoms with Crippen LogP contribution in [0.3, 0.4) is 0 Å². The first-order valence-electron chi connectivity index (χ1n) is 8.09. The van der Waals surface area contributed by atoms with Gasteiger partial charge in [-0.15, -0.1) is 35.3 Å². The molecule has 0 spiro atoms. The minimum absolute atomic E-state index is 0. The Morgan fingerprint density at radius 2 is 1.92 bits per heavy atom. The van der Waals surface area contributed by atoms with E-state index >= 15 is 0 Å². The zero-order valence-corrected chi connectivity index (χ0v) is 17.6. The highest BCUT2D eigenvalue weighted by Crippen LogP contribution is 2.19. The zero-order valence-electron chi connectivity index (χ0n) is 14.5. The van der Waals surface area contributed by atoms with Crippen molar-refractivity contribution in [2.45, 2.75) is 19.8 Å². The minimum atomic E-state index is -0.135. The number of thiophene rings is 1. The van der Waals surface area contributed by atoms with Crippen molar-refractivity contribution in [3.8, 4) is 0 Å². The van der Waals surface area contributed by atoms with Gasteiger partial charge in [0.1, 0.15) is 6.54 Å². The van der Waals surface area contributed by atoms with Crippen LogP contribution in [0.25, 0.3) is 0 Å². The number of hydrogen-bond acceptors (Lipinski definition) is 3. The number of nitrogens with zero attached hydrogens (tertiary/aromatic N) is 1. The number of nitrogens with one attached hydrogen (secondary N) is 3. The van der Waals surface area contributed by atoms with Crippen molar-refractivity contribution in [3.05, 3.63) is 52.7 Å². The van der Waals surface area contributed by atoms with E-state index in [-0.39, 0.29) is 36.4 Å². The van der Waals surface area contributed by atoms with Gasteiger partial charge in [0.2, 0.25) is 5.91 Å². The molecular formula is C18H25IN4OS. The summed E-state index contributed by atoms with van der Waals surface area (Å²) in [7, 11) is 0. The first kappa shape index (κ1) is 21.4. The predicted octanol–water partition coefficient (Wildman–Crippen LogP) is 3.66. The van der Waals surface area contributed by atoms with Gasteiger partial charge in [0, 0.05) is 29.6 Å². The fourth-order valence-electron chi connectivity index (χ4n) is 2.14. The molecule has 1 aromatic carbocycles. The van der Waals surface area contributed by atoms with Crippen LogP contribution >= 0.6 is 35.3 Å². The number of aliphatic imine (C=N–C) groups is 1. The smallest absolute Gasteiger partial charge is 0.246 e. The van der Waals surface area contributed by atoms with E-state index in [4.69, 9.17) is 0 Å². The van der Waals surface area contributed by atoms with E-state index in [0.29, 0.717) is 11.9 Å². The zero-order chi connectivity index (χ0) is 17.2. The van der Waals surface area contributed by atoms with Crippen molar-refractivity contribution >= 4 is 52.9 Å². The Morgan fingerprint density at radius 3 is 2.56 bits per heavy atom. The third-order valence-electron chi connectivity index (χ3n) is 3.39. The van der Waals surface area contributed by atoms with Crippen molar-refractivity contribution in [2.75, 3.05) is 25.0 Å². The molecule has 1 aromatic heterocycles. The molecule has 0 aliphatic carbocycles. The van der Waals surface area contributed by atoms with Crippen LogP contribution in [0, 0.1) is 0 Å². The second-order valence-corrected chi connectivity index (χ2v) is 6.39. The second-order valence-electron chi connectivity index (χ2n) is 5.41. The van der Waals surface area contributed by atoms with E-state index in [1.807, 2.05) is 37.3 Å². The van der Waals surface area contributed by atoms with Gasteiger partial charge in [-0.2, -0.15) is 0 Å². The molecule has 2 rings (SSSR count). The Kier molecular flexibility index (Phi) is 10.2. The van der Waals surface area contributed by atoms with E-state index < -0.39 is 0 Å². The summed E-state index contributed by atoms with van der Waals surface area (Å²) in [6.07, 6.45) is 0. The molecule has 0 aliphatic heterocycles. The predicted molar refractivity (Wildman–Crippen MR) is 117 cm³/mol. The van der Waals surface area contributed by atoms with Crippen LogP contribution in [0.15, 0.2) is 52.8 Å². The molecule has 0 radical (unpaired) electrons. The van der Waals surface area contributed by atoms with E-state index in [1.165, 1.54) is 4.88 Å². The van der Waals surface area contributed by atoms with Crippen LogP contribution in [0.2, 0.25) is 0 Å². The molecule has 1 heterocycles. The van der Waals surface area contributed by atoms with Gasteiger partial charge >= 0.3 is 0 Å². The summed E-state index contributed by atoms with van der Waals surface area (Å²) in [5, 5.41) is 11.4. The SMILES string of the molecule is CCNC(=NCC(=O)Nc1ccccc1)NCC(C)c1cccs1.I. The number of anilines is 1. The van der Waals surface area contributed by atoms with E-state index in [2.05, 4.69) is 45.4 Å². The highest BCUT2D eigenvalue weighted by atomic mass is 127. The Bertz CT molecular complexity index is 646. The molecular weight excluding hydrogens is 447 g/mol. The number of carbonyl (C=O) groups excluding carboxylic acids is 1. The Hall–Kier alpha value is -1.61.